The van der Waals surface area contributed by atoms with Crippen LogP contribution in [0.5, 0.6) is 0 Å². The van der Waals surface area contributed by atoms with Crippen LogP contribution in [0.4, 0.5) is 0 Å². The van der Waals surface area contributed by atoms with Crippen LogP contribution in [0, 0.1) is 0 Å². The Hall–Kier alpha value is -1.07. The van der Waals surface area contributed by atoms with E-state index in [2.05, 4.69) is 0 Å². The number of rotatable bonds is 7. The van der Waals surface area contributed by atoms with Gasteiger partial charge in [-0.05, 0) is 12.1 Å². The van der Waals surface area contributed by atoms with Crippen LogP contribution in [0.1, 0.15) is 0 Å². The molecule has 0 aliphatic carbocycles. The van der Waals surface area contributed by atoms with Crippen molar-refractivity contribution < 1.29 is 14.8 Å². The number of hydrogen-bond acceptors (Lipinski definition) is 2. The maximum Gasteiger partial charge on any atom is 0.289 e. The third-order valence-corrected chi connectivity index (χ3v) is 3.89. The summed E-state index contributed by atoms with van der Waals surface area (Å²) in [4.78, 5) is 0. The molecule has 6 heteroatoms. The first-order valence-electron chi connectivity index (χ1n) is 6.77. The number of alkyl halides is 2. The van der Waals surface area contributed by atoms with Gasteiger partial charge in [0.1, 0.15) is 37.7 Å². The first kappa shape index (κ1) is 16.3. The van der Waals surface area contributed by atoms with Gasteiger partial charge in [0.15, 0.2) is 0 Å². The van der Waals surface area contributed by atoms with E-state index in [1.807, 2.05) is 51.9 Å². The molecule has 0 spiro atoms. The standard InChI is InChI=1S/C15H19Cl2N2O2/c16-8-13(20)10-18-6-7-19(11-14(21)9-17)15(18)12-4-2-1-3-5-12/h1-7,13-14,20-21H,8-11H2/q+1. The van der Waals surface area contributed by atoms with Crippen LogP contribution in [-0.2, 0) is 13.1 Å². The Bertz CT molecular complexity index is 531. The summed E-state index contributed by atoms with van der Waals surface area (Å²) in [7, 11) is 0. The molecule has 0 radical (unpaired) electrons. The number of imidazole rings is 1. The summed E-state index contributed by atoms with van der Waals surface area (Å²) >= 11 is 11.4. The van der Waals surface area contributed by atoms with E-state index >= 15 is 0 Å². The van der Waals surface area contributed by atoms with Crippen molar-refractivity contribution in [3.8, 4) is 11.4 Å². The highest BCUT2D eigenvalue weighted by Gasteiger charge is 2.22. The van der Waals surface area contributed by atoms with Crippen molar-refractivity contribution in [2.24, 2.45) is 0 Å². The first-order chi connectivity index (χ1) is 10.2. The Labute approximate surface area is 134 Å². The second kappa shape index (κ2) is 7.80. The Kier molecular flexibility index (Phi) is 6.06. The monoisotopic (exact) mass is 329 g/mol. The van der Waals surface area contributed by atoms with Gasteiger partial charge in [0.2, 0.25) is 0 Å². The Morgan fingerprint density at radius 2 is 1.71 bits per heavy atom. The van der Waals surface area contributed by atoms with Crippen molar-refractivity contribution in [1.82, 2.24) is 4.57 Å². The minimum Gasteiger partial charge on any atom is -0.388 e. The van der Waals surface area contributed by atoms with Gasteiger partial charge in [-0.15, -0.1) is 23.2 Å². The molecule has 0 aliphatic heterocycles. The van der Waals surface area contributed by atoms with E-state index in [-0.39, 0.29) is 11.8 Å². The molecule has 2 aromatic rings. The third-order valence-electron chi connectivity index (χ3n) is 3.17. The van der Waals surface area contributed by atoms with Crippen LogP contribution in [0.2, 0.25) is 0 Å². The zero-order valence-corrected chi connectivity index (χ0v) is 13.1. The fourth-order valence-corrected chi connectivity index (χ4v) is 2.43. The van der Waals surface area contributed by atoms with E-state index < -0.39 is 12.2 Å². The summed E-state index contributed by atoms with van der Waals surface area (Å²) < 4.78 is 3.87. The quantitative estimate of drug-likeness (QED) is 0.599. The lowest BCUT2D eigenvalue weighted by atomic mass is 10.2. The summed E-state index contributed by atoms with van der Waals surface area (Å²) in [5.41, 5.74) is 1.01. The van der Waals surface area contributed by atoms with Crippen LogP contribution in [-0.4, -0.2) is 38.7 Å². The molecule has 0 amide bonds. The SMILES string of the molecule is OC(CCl)Cn1cc[n+](CC(O)CCl)c1-c1ccccc1. The Morgan fingerprint density at radius 1 is 1.05 bits per heavy atom. The summed E-state index contributed by atoms with van der Waals surface area (Å²) in [6.07, 6.45) is 2.51. The van der Waals surface area contributed by atoms with Gasteiger partial charge >= 0.3 is 0 Å². The van der Waals surface area contributed by atoms with Gasteiger partial charge < -0.3 is 10.2 Å². The van der Waals surface area contributed by atoms with Gasteiger partial charge in [-0.25, -0.2) is 9.13 Å². The maximum absolute atomic E-state index is 9.79. The van der Waals surface area contributed by atoms with Gasteiger partial charge in [-0.3, -0.25) is 0 Å². The summed E-state index contributed by atoms with van der Waals surface area (Å²) in [6, 6.07) is 9.83. The zero-order valence-electron chi connectivity index (χ0n) is 11.6. The number of aliphatic hydroxyl groups excluding tert-OH is 2. The molecule has 1 aromatic heterocycles. The number of aliphatic hydroxyl groups is 2. The first-order valence-corrected chi connectivity index (χ1v) is 7.84. The average molecular weight is 330 g/mol. The fraction of sp³-hybridized carbons (Fsp3) is 0.400. The van der Waals surface area contributed by atoms with Gasteiger partial charge in [-0.2, -0.15) is 0 Å². The number of nitrogens with zero attached hydrogens (tertiary/aromatic N) is 2. The highest BCUT2D eigenvalue weighted by atomic mass is 35.5. The molecule has 0 saturated carbocycles. The summed E-state index contributed by atoms with van der Waals surface area (Å²) in [6.45, 7) is 0.801. The van der Waals surface area contributed by atoms with Crippen LogP contribution in [0.25, 0.3) is 11.4 Å². The maximum atomic E-state index is 9.79. The van der Waals surface area contributed by atoms with Gasteiger partial charge in [0, 0.05) is 0 Å². The van der Waals surface area contributed by atoms with Crippen LogP contribution in [0.3, 0.4) is 0 Å². The Morgan fingerprint density at radius 3 is 2.33 bits per heavy atom. The molecule has 2 unspecified atom stereocenters. The second-order valence-electron chi connectivity index (χ2n) is 4.91. The third kappa shape index (κ3) is 4.20. The van der Waals surface area contributed by atoms with Crippen LogP contribution < -0.4 is 4.57 Å². The predicted octanol–water partition coefficient (Wildman–Crippen LogP) is 1.64. The molecule has 114 valence electrons. The van der Waals surface area contributed by atoms with Gasteiger partial charge in [0.25, 0.3) is 5.82 Å². The molecule has 0 fully saturated rings. The molecular formula is C15H19Cl2N2O2+. The molecule has 1 heterocycles. The highest BCUT2D eigenvalue weighted by molar-refractivity contribution is 6.18. The molecule has 1 aromatic carbocycles. The molecule has 2 rings (SSSR count). The van der Waals surface area contributed by atoms with E-state index in [9.17, 15) is 10.2 Å². The minimum atomic E-state index is -0.618. The molecule has 2 atom stereocenters. The normalized spacial score (nSPS) is 14.1. The number of aromatic nitrogens is 2. The minimum absolute atomic E-state index is 0.177. The van der Waals surface area contributed by atoms with Crippen LogP contribution >= 0.6 is 23.2 Å². The lowest BCUT2D eigenvalue weighted by molar-refractivity contribution is -0.691. The van der Waals surface area contributed by atoms with E-state index in [1.54, 1.807) is 0 Å². The van der Waals surface area contributed by atoms with E-state index in [0.29, 0.717) is 13.1 Å². The molecule has 2 N–H and O–H groups in total. The van der Waals surface area contributed by atoms with E-state index in [0.717, 1.165) is 11.4 Å². The number of benzene rings is 1. The van der Waals surface area contributed by atoms with Crippen molar-refractivity contribution in [2.75, 3.05) is 11.8 Å². The zero-order chi connectivity index (χ0) is 15.2. The van der Waals surface area contributed by atoms with Gasteiger partial charge in [0.05, 0.1) is 17.3 Å². The van der Waals surface area contributed by atoms with Crippen molar-refractivity contribution in [3.05, 3.63) is 42.7 Å². The fourth-order valence-electron chi connectivity index (χ4n) is 2.23. The molecule has 4 nitrogen and oxygen atoms in total. The lowest BCUT2D eigenvalue weighted by Crippen LogP contribution is -2.41. The topological polar surface area (TPSA) is 49.3 Å². The second-order valence-corrected chi connectivity index (χ2v) is 5.53. The number of halogens is 2. The highest BCUT2D eigenvalue weighted by Crippen LogP contribution is 2.16. The summed E-state index contributed by atoms with van der Waals surface area (Å²) in [5.74, 6) is 1.26. The predicted molar refractivity (Wildman–Crippen MR) is 83.5 cm³/mol. The molecule has 21 heavy (non-hydrogen) atoms. The molecule has 0 aliphatic rings. The average Bonchev–Trinajstić information content (AvgIpc) is 2.90. The summed E-state index contributed by atoms with van der Waals surface area (Å²) in [5, 5.41) is 19.6. The number of hydrogen-bond donors (Lipinski definition) is 2. The molecule has 0 saturated heterocycles. The largest absolute Gasteiger partial charge is 0.388 e. The van der Waals surface area contributed by atoms with Crippen molar-refractivity contribution in [2.45, 2.75) is 25.3 Å². The molecular weight excluding hydrogens is 311 g/mol. The van der Waals surface area contributed by atoms with Crippen molar-refractivity contribution in [1.29, 1.82) is 0 Å². The van der Waals surface area contributed by atoms with E-state index in [4.69, 9.17) is 23.2 Å². The van der Waals surface area contributed by atoms with Crippen molar-refractivity contribution >= 4 is 23.2 Å². The Balaban J connectivity index is 2.38. The lowest BCUT2D eigenvalue weighted by Gasteiger charge is -2.09. The van der Waals surface area contributed by atoms with E-state index in [1.165, 1.54) is 0 Å². The van der Waals surface area contributed by atoms with Crippen LogP contribution in [0.15, 0.2) is 42.7 Å². The molecule has 0 bridgehead atoms. The smallest absolute Gasteiger partial charge is 0.289 e. The van der Waals surface area contributed by atoms with Crippen molar-refractivity contribution in [3.63, 3.8) is 0 Å². The van der Waals surface area contributed by atoms with Gasteiger partial charge in [-0.1, -0.05) is 18.2 Å².